The predicted molar refractivity (Wildman–Crippen MR) is 111 cm³/mol. The highest BCUT2D eigenvalue weighted by Crippen LogP contribution is 2.18. The summed E-state index contributed by atoms with van der Waals surface area (Å²) in [6, 6.07) is 15.2. The number of para-hydroxylation sites is 1. The van der Waals surface area contributed by atoms with Gasteiger partial charge in [-0.2, -0.15) is 0 Å². The molecule has 2 aromatic rings. The zero-order valence-corrected chi connectivity index (χ0v) is 16.6. The second-order valence-electron chi connectivity index (χ2n) is 6.84. The number of rotatable bonds is 8. The summed E-state index contributed by atoms with van der Waals surface area (Å²) in [6.07, 6.45) is 0. The van der Waals surface area contributed by atoms with E-state index >= 15 is 0 Å². The first kappa shape index (κ1) is 20.5. The molecule has 5 nitrogen and oxygen atoms in total. The average Bonchev–Trinajstić information content (AvgIpc) is 2.66. The number of benzene rings is 2. The lowest BCUT2D eigenvalue weighted by molar-refractivity contribution is -0.118. The SMILES string of the molecule is CCN(CCNC(=O)c1ccc(NC(=O)C(C)C)cc1)c1ccccc1C. The predicted octanol–water partition coefficient (Wildman–Crippen LogP) is 3.85. The molecule has 0 heterocycles. The molecule has 0 atom stereocenters. The summed E-state index contributed by atoms with van der Waals surface area (Å²) in [5, 5.41) is 5.78. The summed E-state index contributed by atoms with van der Waals surface area (Å²) < 4.78 is 0. The van der Waals surface area contributed by atoms with Crippen molar-refractivity contribution >= 4 is 23.2 Å². The molecule has 2 amide bonds. The smallest absolute Gasteiger partial charge is 0.251 e. The second-order valence-corrected chi connectivity index (χ2v) is 6.84. The van der Waals surface area contributed by atoms with Crippen molar-refractivity contribution in [3.8, 4) is 0 Å². The molecular weight excluding hydrogens is 338 g/mol. The Balaban J connectivity index is 1.88. The summed E-state index contributed by atoms with van der Waals surface area (Å²) in [6.45, 7) is 10.1. The Bertz CT molecular complexity index is 769. The van der Waals surface area contributed by atoms with E-state index in [2.05, 4.69) is 41.5 Å². The van der Waals surface area contributed by atoms with Crippen LogP contribution in [0.4, 0.5) is 11.4 Å². The van der Waals surface area contributed by atoms with Crippen molar-refractivity contribution in [1.82, 2.24) is 5.32 Å². The zero-order chi connectivity index (χ0) is 19.8. The number of anilines is 2. The van der Waals surface area contributed by atoms with Crippen LogP contribution in [0.3, 0.4) is 0 Å². The number of carbonyl (C=O) groups is 2. The fourth-order valence-electron chi connectivity index (χ4n) is 2.77. The minimum Gasteiger partial charge on any atom is -0.370 e. The maximum Gasteiger partial charge on any atom is 0.251 e. The van der Waals surface area contributed by atoms with Crippen molar-refractivity contribution in [2.75, 3.05) is 29.9 Å². The standard InChI is InChI=1S/C22H29N3O2/c1-5-25(20-9-7-6-8-17(20)4)15-14-23-22(27)18-10-12-19(13-11-18)24-21(26)16(2)3/h6-13,16H,5,14-15H2,1-4H3,(H,23,27)(H,24,26). The van der Waals surface area contributed by atoms with E-state index in [9.17, 15) is 9.59 Å². The van der Waals surface area contributed by atoms with Gasteiger partial charge in [-0.3, -0.25) is 9.59 Å². The molecule has 2 aromatic carbocycles. The van der Waals surface area contributed by atoms with Gasteiger partial charge in [-0.1, -0.05) is 32.0 Å². The quantitative estimate of drug-likeness (QED) is 0.745. The lowest BCUT2D eigenvalue weighted by Gasteiger charge is -2.25. The molecule has 2 rings (SSSR count). The van der Waals surface area contributed by atoms with E-state index in [0.717, 1.165) is 13.1 Å². The maximum atomic E-state index is 12.3. The molecule has 0 aromatic heterocycles. The Morgan fingerprint density at radius 1 is 1.04 bits per heavy atom. The number of nitrogens with one attached hydrogen (secondary N) is 2. The zero-order valence-electron chi connectivity index (χ0n) is 16.6. The molecule has 5 heteroatoms. The Hall–Kier alpha value is -2.82. The molecule has 2 N–H and O–H groups in total. The monoisotopic (exact) mass is 367 g/mol. The Kier molecular flexibility index (Phi) is 7.41. The third-order valence-corrected chi connectivity index (χ3v) is 4.44. The summed E-state index contributed by atoms with van der Waals surface area (Å²) in [4.78, 5) is 26.3. The Morgan fingerprint density at radius 3 is 2.30 bits per heavy atom. The van der Waals surface area contributed by atoms with Crippen molar-refractivity contribution in [2.45, 2.75) is 27.7 Å². The molecule has 0 radical (unpaired) electrons. The minimum atomic E-state index is -0.113. The van der Waals surface area contributed by atoms with Gasteiger partial charge >= 0.3 is 0 Å². The van der Waals surface area contributed by atoms with E-state index in [1.165, 1.54) is 11.3 Å². The van der Waals surface area contributed by atoms with Crippen LogP contribution in [0.5, 0.6) is 0 Å². The largest absolute Gasteiger partial charge is 0.370 e. The highest BCUT2D eigenvalue weighted by atomic mass is 16.2. The van der Waals surface area contributed by atoms with Gasteiger partial charge in [0.05, 0.1) is 0 Å². The van der Waals surface area contributed by atoms with Crippen LogP contribution >= 0.6 is 0 Å². The maximum absolute atomic E-state index is 12.3. The lowest BCUT2D eigenvalue weighted by Crippen LogP contribution is -2.35. The van der Waals surface area contributed by atoms with E-state index in [4.69, 9.17) is 0 Å². The van der Waals surface area contributed by atoms with Gasteiger partial charge < -0.3 is 15.5 Å². The fourth-order valence-corrected chi connectivity index (χ4v) is 2.77. The molecule has 0 saturated heterocycles. The number of likely N-dealkylation sites (N-methyl/N-ethyl adjacent to an activating group) is 1. The summed E-state index contributed by atoms with van der Waals surface area (Å²) in [5.41, 5.74) is 3.70. The van der Waals surface area contributed by atoms with E-state index in [1.54, 1.807) is 24.3 Å². The molecule has 0 fully saturated rings. The summed E-state index contributed by atoms with van der Waals surface area (Å²) in [7, 11) is 0. The van der Waals surface area contributed by atoms with E-state index in [-0.39, 0.29) is 17.7 Å². The fraction of sp³-hybridized carbons (Fsp3) is 0.364. The molecule has 0 bridgehead atoms. The van der Waals surface area contributed by atoms with Crippen LogP contribution < -0.4 is 15.5 Å². The topological polar surface area (TPSA) is 61.4 Å². The van der Waals surface area contributed by atoms with Crippen molar-refractivity contribution in [1.29, 1.82) is 0 Å². The van der Waals surface area contributed by atoms with Gasteiger partial charge in [-0.15, -0.1) is 0 Å². The molecule has 0 unspecified atom stereocenters. The first-order valence-electron chi connectivity index (χ1n) is 9.42. The molecule has 0 saturated carbocycles. The van der Waals surface area contributed by atoms with Gasteiger partial charge in [0.2, 0.25) is 5.91 Å². The molecule has 27 heavy (non-hydrogen) atoms. The lowest BCUT2D eigenvalue weighted by atomic mass is 10.1. The van der Waals surface area contributed by atoms with Gasteiger partial charge in [-0.05, 0) is 49.7 Å². The summed E-state index contributed by atoms with van der Waals surface area (Å²) in [5.74, 6) is -0.233. The second kappa shape index (κ2) is 9.76. The highest BCUT2D eigenvalue weighted by Gasteiger charge is 2.10. The Morgan fingerprint density at radius 2 is 1.70 bits per heavy atom. The van der Waals surface area contributed by atoms with Gasteiger partial charge in [0, 0.05) is 42.5 Å². The van der Waals surface area contributed by atoms with Gasteiger partial charge in [0.25, 0.3) is 5.91 Å². The van der Waals surface area contributed by atoms with Gasteiger partial charge in [0.1, 0.15) is 0 Å². The van der Waals surface area contributed by atoms with Crippen molar-refractivity contribution in [3.05, 3.63) is 59.7 Å². The van der Waals surface area contributed by atoms with E-state index in [1.807, 2.05) is 26.0 Å². The number of nitrogens with zero attached hydrogens (tertiary/aromatic N) is 1. The molecule has 0 spiro atoms. The third-order valence-electron chi connectivity index (χ3n) is 4.44. The third kappa shape index (κ3) is 5.84. The van der Waals surface area contributed by atoms with Crippen LogP contribution in [-0.4, -0.2) is 31.4 Å². The highest BCUT2D eigenvalue weighted by molar-refractivity contribution is 5.96. The van der Waals surface area contributed by atoms with Crippen LogP contribution in [0.25, 0.3) is 0 Å². The first-order chi connectivity index (χ1) is 12.9. The van der Waals surface area contributed by atoms with Crippen LogP contribution in [-0.2, 0) is 4.79 Å². The number of amides is 2. The van der Waals surface area contributed by atoms with Crippen LogP contribution in [0.1, 0.15) is 36.7 Å². The van der Waals surface area contributed by atoms with Gasteiger partial charge in [0.15, 0.2) is 0 Å². The van der Waals surface area contributed by atoms with E-state index < -0.39 is 0 Å². The first-order valence-corrected chi connectivity index (χ1v) is 9.42. The number of aryl methyl sites for hydroxylation is 1. The van der Waals surface area contributed by atoms with Crippen LogP contribution in [0.2, 0.25) is 0 Å². The molecule has 144 valence electrons. The molecule has 0 aliphatic heterocycles. The van der Waals surface area contributed by atoms with Crippen LogP contribution in [0.15, 0.2) is 48.5 Å². The molecule has 0 aliphatic rings. The minimum absolute atomic E-state index is 0.0388. The number of carbonyl (C=O) groups excluding carboxylic acids is 2. The van der Waals surface area contributed by atoms with E-state index in [0.29, 0.717) is 17.8 Å². The average molecular weight is 367 g/mol. The number of hydrogen-bond acceptors (Lipinski definition) is 3. The molecule has 0 aliphatic carbocycles. The van der Waals surface area contributed by atoms with Crippen molar-refractivity contribution in [3.63, 3.8) is 0 Å². The number of hydrogen-bond donors (Lipinski definition) is 2. The van der Waals surface area contributed by atoms with Crippen molar-refractivity contribution < 1.29 is 9.59 Å². The summed E-state index contributed by atoms with van der Waals surface area (Å²) >= 11 is 0. The molecular formula is C22H29N3O2. The normalized spacial score (nSPS) is 10.6. The Labute approximate surface area is 161 Å². The van der Waals surface area contributed by atoms with Crippen LogP contribution in [0, 0.1) is 12.8 Å². The van der Waals surface area contributed by atoms with Gasteiger partial charge in [-0.25, -0.2) is 0 Å². The van der Waals surface area contributed by atoms with Crippen molar-refractivity contribution in [2.24, 2.45) is 5.92 Å².